The van der Waals surface area contributed by atoms with Crippen LogP contribution in [-0.4, -0.2) is 46.6 Å². The van der Waals surface area contributed by atoms with Crippen LogP contribution in [-0.2, 0) is 14.4 Å². The Bertz CT molecular complexity index is 558. The van der Waals surface area contributed by atoms with Crippen LogP contribution in [0.3, 0.4) is 0 Å². The van der Waals surface area contributed by atoms with Gasteiger partial charge in [0.2, 0.25) is 5.91 Å². The molecule has 0 radical (unpaired) electrons. The highest BCUT2D eigenvalue weighted by atomic mass is 16.4. The van der Waals surface area contributed by atoms with E-state index < -0.39 is 36.3 Å². The second-order valence-corrected chi connectivity index (χ2v) is 4.44. The summed E-state index contributed by atoms with van der Waals surface area (Å²) in [6, 6.07) is 6.91. The Kier molecular flexibility index (Phi) is 6.55. The summed E-state index contributed by atoms with van der Waals surface area (Å²) in [7, 11) is 0. The molecule has 0 spiro atoms. The van der Waals surface area contributed by atoms with Gasteiger partial charge in [0, 0.05) is 12.0 Å². The largest absolute Gasteiger partial charge is 0.481 e. The molecule has 0 unspecified atom stereocenters. The number of amides is 2. The van der Waals surface area contributed by atoms with Crippen LogP contribution in [0.15, 0.2) is 30.3 Å². The quantitative estimate of drug-likeness (QED) is 0.528. The number of carbonyl (C=O) groups excluding carboxylic acids is 2. The molecule has 0 bridgehead atoms. The highest BCUT2D eigenvalue weighted by Gasteiger charge is 2.21. The van der Waals surface area contributed by atoms with Crippen molar-refractivity contribution in [3.63, 3.8) is 0 Å². The summed E-state index contributed by atoms with van der Waals surface area (Å²) < 4.78 is 0. The molecule has 0 aliphatic heterocycles. The second kappa shape index (κ2) is 8.40. The average Bonchev–Trinajstić information content (AvgIpc) is 2.49. The first-order valence-electron chi connectivity index (χ1n) is 6.47. The number of carboxylic acids is 2. The molecule has 0 saturated heterocycles. The smallest absolute Gasteiger partial charge is 0.326 e. The minimum absolute atomic E-state index is 0.233. The van der Waals surface area contributed by atoms with Crippen LogP contribution < -0.4 is 10.6 Å². The Labute approximate surface area is 126 Å². The van der Waals surface area contributed by atoms with E-state index in [-0.39, 0.29) is 12.8 Å². The molecule has 4 N–H and O–H groups in total. The van der Waals surface area contributed by atoms with Gasteiger partial charge in [0.15, 0.2) is 0 Å². The van der Waals surface area contributed by atoms with E-state index in [2.05, 4.69) is 10.6 Å². The molecule has 0 aliphatic carbocycles. The van der Waals surface area contributed by atoms with Crippen LogP contribution in [0.1, 0.15) is 23.2 Å². The summed E-state index contributed by atoms with van der Waals surface area (Å²) in [5.74, 6) is -3.66. The standard InChI is InChI=1S/C14H16N2O6/c17-11(16-10(14(21)22)6-7-12(18)19)8-15-13(20)9-4-2-1-3-5-9/h1-5,10H,6-8H2,(H,15,20)(H,16,17)(H,18,19)(H,21,22)/t10-/m0/s1. The average molecular weight is 308 g/mol. The molecular weight excluding hydrogens is 292 g/mol. The van der Waals surface area contributed by atoms with Crippen molar-refractivity contribution in [1.82, 2.24) is 10.6 Å². The first-order chi connectivity index (χ1) is 10.4. The summed E-state index contributed by atoms with van der Waals surface area (Å²) in [6.07, 6.45) is -0.614. The molecule has 1 rings (SSSR count). The zero-order valence-corrected chi connectivity index (χ0v) is 11.6. The van der Waals surface area contributed by atoms with Gasteiger partial charge in [0.05, 0.1) is 6.54 Å². The molecule has 118 valence electrons. The van der Waals surface area contributed by atoms with Crippen molar-refractivity contribution in [2.24, 2.45) is 0 Å². The molecule has 0 fully saturated rings. The van der Waals surface area contributed by atoms with Gasteiger partial charge in [-0.2, -0.15) is 0 Å². The number of hydrogen-bond donors (Lipinski definition) is 4. The monoisotopic (exact) mass is 308 g/mol. The van der Waals surface area contributed by atoms with E-state index in [9.17, 15) is 19.2 Å². The fraction of sp³-hybridized carbons (Fsp3) is 0.286. The van der Waals surface area contributed by atoms with Crippen LogP contribution in [0.5, 0.6) is 0 Å². The number of hydrogen-bond acceptors (Lipinski definition) is 4. The van der Waals surface area contributed by atoms with E-state index in [4.69, 9.17) is 10.2 Å². The van der Waals surface area contributed by atoms with Crippen molar-refractivity contribution in [3.05, 3.63) is 35.9 Å². The van der Waals surface area contributed by atoms with E-state index in [0.29, 0.717) is 5.56 Å². The Morgan fingerprint density at radius 3 is 2.23 bits per heavy atom. The Balaban J connectivity index is 2.45. The molecule has 0 aromatic heterocycles. The van der Waals surface area contributed by atoms with E-state index in [0.717, 1.165) is 0 Å². The lowest BCUT2D eigenvalue weighted by Crippen LogP contribution is -2.45. The predicted octanol–water partition coefficient (Wildman–Crippen LogP) is -0.149. The highest BCUT2D eigenvalue weighted by molar-refractivity contribution is 5.96. The van der Waals surface area contributed by atoms with Crippen LogP contribution in [0.25, 0.3) is 0 Å². The lowest BCUT2D eigenvalue weighted by Gasteiger charge is -2.13. The fourth-order valence-electron chi connectivity index (χ4n) is 1.62. The molecular formula is C14H16N2O6. The van der Waals surface area contributed by atoms with Gasteiger partial charge >= 0.3 is 11.9 Å². The zero-order chi connectivity index (χ0) is 16.5. The molecule has 0 aliphatic rings. The van der Waals surface area contributed by atoms with Crippen molar-refractivity contribution in [3.8, 4) is 0 Å². The maximum atomic E-state index is 11.7. The van der Waals surface area contributed by atoms with Crippen molar-refractivity contribution >= 4 is 23.8 Å². The van der Waals surface area contributed by atoms with E-state index >= 15 is 0 Å². The number of aliphatic carboxylic acids is 2. The van der Waals surface area contributed by atoms with Gasteiger partial charge in [-0.1, -0.05) is 18.2 Å². The van der Waals surface area contributed by atoms with Gasteiger partial charge in [0.1, 0.15) is 6.04 Å². The van der Waals surface area contributed by atoms with Gasteiger partial charge in [-0.25, -0.2) is 4.79 Å². The van der Waals surface area contributed by atoms with Crippen molar-refractivity contribution in [2.75, 3.05) is 6.54 Å². The zero-order valence-electron chi connectivity index (χ0n) is 11.6. The second-order valence-electron chi connectivity index (χ2n) is 4.44. The minimum atomic E-state index is -1.33. The number of benzene rings is 1. The third kappa shape index (κ3) is 6.04. The summed E-state index contributed by atoms with van der Waals surface area (Å²) in [4.78, 5) is 44.6. The maximum absolute atomic E-state index is 11.7. The van der Waals surface area contributed by atoms with Crippen LogP contribution in [0.4, 0.5) is 0 Å². The normalized spacial score (nSPS) is 11.3. The molecule has 8 nitrogen and oxygen atoms in total. The van der Waals surface area contributed by atoms with Gasteiger partial charge < -0.3 is 20.8 Å². The van der Waals surface area contributed by atoms with Crippen molar-refractivity contribution in [1.29, 1.82) is 0 Å². The molecule has 8 heteroatoms. The number of rotatable bonds is 8. The third-order valence-electron chi connectivity index (χ3n) is 2.73. The number of nitrogens with one attached hydrogen (secondary N) is 2. The Morgan fingerprint density at radius 2 is 1.68 bits per heavy atom. The van der Waals surface area contributed by atoms with E-state index in [1.807, 2.05) is 0 Å². The molecule has 1 atom stereocenters. The van der Waals surface area contributed by atoms with E-state index in [1.165, 1.54) is 0 Å². The molecule has 22 heavy (non-hydrogen) atoms. The SMILES string of the molecule is O=C(O)CC[C@H](NC(=O)CNC(=O)c1ccccc1)C(=O)O. The van der Waals surface area contributed by atoms with Crippen LogP contribution in [0, 0.1) is 0 Å². The molecule has 1 aromatic rings. The topological polar surface area (TPSA) is 133 Å². The summed E-state index contributed by atoms with van der Waals surface area (Å²) in [5, 5.41) is 21.9. The first-order valence-corrected chi connectivity index (χ1v) is 6.47. The highest BCUT2D eigenvalue weighted by Crippen LogP contribution is 1.99. The number of carboxylic acid groups (broad SMARTS) is 2. The lowest BCUT2D eigenvalue weighted by molar-refractivity contribution is -0.142. The van der Waals surface area contributed by atoms with E-state index in [1.54, 1.807) is 30.3 Å². The third-order valence-corrected chi connectivity index (χ3v) is 2.73. The number of carbonyl (C=O) groups is 4. The Morgan fingerprint density at radius 1 is 1.05 bits per heavy atom. The van der Waals surface area contributed by atoms with Crippen molar-refractivity contribution < 1.29 is 29.4 Å². The summed E-state index contributed by atoms with van der Waals surface area (Å²) in [5.41, 5.74) is 0.371. The van der Waals surface area contributed by atoms with Crippen LogP contribution >= 0.6 is 0 Å². The van der Waals surface area contributed by atoms with Gasteiger partial charge in [0.25, 0.3) is 5.91 Å². The fourth-order valence-corrected chi connectivity index (χ4v) is 1.62. The minimum Gasteiger partial charge on any atom is -0.481 e. The Hall–Kier alpha value is -2.90. The van der Waals surface area contributed by atoms with Gasteiger partial charge in [-0.3, -0.25) is 14.4 Å². The maximum Gasteiger partial charge on any atom is 0.326 e. The lowest BCUT2D eigenvalue weighted by atomic mass is 10.1. The first kappa shape index (κ1) is 17.2. The molecule has 0 heterocycles. The van der Waals surface area contributed by atoms with Gasteiger partial charge in [-0.15, -0.1) is 0 Å². The van der Waals surface area contributed by atoms with Crippen LogP contribution in [0.2, 0.25) is 0 Å². The summed E-state index contributed by atoms with van der Waals surface area (Å²) in [6.45, 7) is -0.398. The predicted molar refractivity (Wildman–Crippen MR) is 75.2 cm³/mol. The summed E-state index contributed by atoms with van der Waals surface area (Å²) >= 11 is 0. The molecule has 0 saturated carbocycles. The van der Waals surface area contributed by atoms with Crippen molar-refractivity contribution in [2.45, 2.75) is 18.9 Å². The molecule has 2 amide bonds. The van der Waals surface area contributed by atoms with Gasteiger partial charge in [-0.05, 0) is 18.6 Å². The molecule has 1 aromatic carbocycles.